The van der Waals surface area contributed by atoms with Gasteiger partial charge < -0.3 is 15.4 Å². The number of ether oxygens (including phenoxy) is 1. The van der Waals surface area contributed by atoms with Gasteiger partial charge in [-0.3, -0.25) is 14.9 Å². The summed E-state index contributed by atoms with van der Waals surface area (Å²) in [5, 5.41) is 16.7. The van der Waals surface area contributed by atoms with Gasteiger partial charge in [-0.15, -0.1) is 0 Å². The molecule has 2 atom stereocenters. The molecule has 1 saturated heterocycles. The highest BCUT2D eigenvalue weighted by atomic mass is 16.6. The van der Waals surface area contributed by atoms with E-state index in [4.69, 9.17) is 4.74 Å². The Labute approximate surface area is 122 Å². The molecule has 21 heavy (non-hydrogen) atoms. The quantitative estimate of drug-likeness (QED) is 0.639. The number of hydrogen-bond acceptors (Lipinski definition) is 5. The van der Waals surface area contributed by atoms with Crippen LogP contribution in [-0.4, -0.2) is 36.6 Å². The predicted octanol–water partition coefficient (Wildman–Crippen LogP) is 1.93. The molecule has 0 saturated carbocycles. The van der Waals surface area contributed by atoms with Gasteiger partial charge in [-0.25, -0.2) is 0 Å². The lowest BCUT2D eigenvalue weighted by Gasteiger charge is -2.21. The standard InChI is InChI=1S/C14H19N3O4/c1-9(13-4-3-7-21-13)16-11-8-10(14(18)15-2)5-6-12(11)17(19)20/h5-6,8-9,13,16H,3-4,7H2,1-2H3,(H,15,18). The van der Waals surface area contributed by atoms with Crippen molar-refractivity contribution in [2.75, 3.05) is 19.0 Å². The number of nitrogens with one attached hydrogen (secondary N) is 2. The number of nitro groups is 1. The van der Waals surface area contributed by atoms with Crippen molar-refractivity contribution in [2.45, 2.75) is 31.9 Å². The smallest absolute Gasteiger partial charge is 0.292 e. The van der Waals surface area contributed by atoms with Crippen LogP contribution in [0.1, 0.15) is 30.1 Å². The Kier molecular flexibility index (Phi) is 4.74. The third-order valence-corrected chi connectivity index (χ3v) is 3.59. The van der Waals surface area contributed by atoms with Crippen LogP contribution in [0, 0.1) is 10.1 Å². The molecule has 1 heterocycles. The van der Waals surface area contributed by atoms with Gasteiger partial charge in [0.05, 0.1) is 11.0 Å². The van der Waals surface area contributed by atoms with Crippen LogP contribution in [0.5, 0.6) is 0 Å². The van der Waals surface area contributed by atoms with Crippen LogP contribution >= 0.6 is 0 Å². The van der Waals surface area contributed by atoms with E-state index < -0.39 is 4.92 Å². The van der Waals surface area contributed by atoms with Gasteiger partial charge in [-0.1, -0.05) is 0 Å². The van der Waals surface area contributed by atoms with Gasteiger partial charge in [0.2, 0.25) is 0 Å². The number of anilines is 1. The van der Waals surface area contributed by atoms with Crippen LogP contribution in [0.2, 0.25) is 0 Å². The SMILES string of the molecule is CNC(=O)c1ccc([N+](=O)[O-])c(NC(C)C2CCCO2)c1. The highest BCUT2D eigenvalue weighted by Gasteiger charge is 2.25. The molecule has 0 aromatic heterocycles. The van der Waals surface area contributed by atoms with E-state index in [1.165, 1.54) is 25.2 Å². The first kappa shape index (κ1) is 15.2. The molecule has 2 rings (SSSR count). The Hall–Kier alpha value is -2.15. The zero-order chi connectivity index (χ0) is 15.4. The van der Waals surface area contributed by atoms with Crippen LogP contribution in [0.25, 0.3) is 0 Å². The molecular formula is C14H19N3O4. The number of hydrogen-bond donors (Lipinski definition) is 2. The molecule has 1 aromatic rings. The Morgan fingerprint density at radius 1 is 1.52 bits per heavy atom. The van der Waals surface area contributed by atoms with E-state index in [0.717, 1.165) is 19.4 Å². The fraction of sp³-hybridized carbons (Fsp3) is 0.500. The first-order chi connectivity index (χ1) is 10.0. The average Bonchev–Trinajstić information content (AvgIpc) is 3.00. The summed E-state index contributed by atoms with van der Waals surface area (Å²) < 4.78 is 5.57. The molecule has 2 unspecified atom stereocenters. The minimum Gasteiger partial charge on any atom is -0.376 e. The molecule has 0 bridgehead atoms. The number of carbonyl (C=O) groups is 1. The largest absolute Gasteiger partial charge is 0.376 e. The Balaban J connectivity index is 2.25. The van der Waals surface area contributed by atoms with E-state index in [0.29, 0.717) is 11.3 Å². The Bertz CT molecular complexity index is 541. The summed E-state index contributed by atoms with van der Waals surface area (Å²) in [4.78, 5) is 22.3. The van der Waals surface area contributed by atoms with Crippen molar-refractivity contribution in [3.8, 4) is 0 Å². The molecule has 7 heteroatoms. The summed E-state index contributed by atoms with van der Waals surface area (Å²) in [6.45, 7) is 2.64. The molecule has 1 aliphatic rings. The van der Waals surface area contributed by atoms with Gasteiger partial charge in [0.25, 0.3) is 11.6 Å². The Morgan fingerprint density at radius 3 is 2.86 bits per heavy atom. The zero-order valence-electron chi connectivity index (χ0n) is 12.1. The topological polar surface area (TPSA) is 93.5 Å². The highest BCUT2D eigenvalue weighted by molar-refractivity contribution is 5.95. The molecule has 114 valence electrons. The second-order valence-corrected chi connectivity index (χ2v) is 5.05. The van der Waals surface area contributed by atoms with Gasteiger partial charge in [0.15, 0.2) is 0 Å². The number of rotatable bonds is 5. The fourth-order valence-corrected chi connectivity index (χ4v) is 2.43. The molecule has 1 aromatic carbocycles. The van der Waals surface area contributed by atoms with Crippen molar-refractivity contribution >= 4 is 17.3 Å². The van der Waals surface area contributed by atoms with Gasteiger partial charge in [0, 0.05) is 31.3 Å². The maximum atomic E-state index is 11.7. The molecule has 1 aliphatic heterocycles. The van der Waals surface area contributed by atoms with Crippen molar-refractivity contribution in [2.24, 2.45) is 0 Å². The molecule has 2 N–H and O–H groups in total. The fourth-order valence-electron chi connectivity index (χ4n) is 2.43. The molecule has 0 radical (unpaired) electrons. The maximum Gasteiger partial charge on any atom is 0.292 e. The van der Waals surface area contributed by atoms with Crippen molar-refractivity contribution < 1.29 is 14.5 Å². The van der Waals surface area contributed by atoms with Crippen molar-refractivity contribution in [1.82, 2.24) is 5.32 Å². The lowest BCUT2D eigenvalue weighted by atomic mass is 10.1. The Morgan fingerprint density at radius 2 is 2.29 bits per heavy atom. The lowest BCUT2D eigenvalue weighted by molar-refractivity contribution is -0.384. The van der Waals surface area contributed by atoms with E-state index >= 15 is 0 Å². The molecule has 0 spiro atoms. The number of carbonyl (C=O) groups excluding carboxylic acids is 1. The van der Waals surface area contributed by atoms with Gasteiger partial charge in [-0.2, -0.15) is 0 Å². The third kappa shape index (κ3) is 3.49. The lowest BCUT2D eigenvalue weighted by Crippen LogP contribution is -2.30. The molecule has 1 fully saturated rings. The van der Waals surface area contributed by atoms with Crippen LogP contribution in [-0.2, 0) is 4.74 Å². The highest BCUT2D eigenvalue weighted by Crippen LogP contribution is 2.28. The van der Waals surface area contributed by atoms with Crippen LogP contribution in [0.3, 0.4) is 0 Å². The normalized spacial score (nSPS) is 19.0. The second kappa shape index (κ2) is 6.53. The van der Waals surface area contributed by atoms with E-state index in [9.17, 15) is 14.9 Å². The number of nitrogens with zero attached hydrogens (tertiary/aromatic N) is 1. The summed E-state index contributed by atoms with van der Waals surface area (Å²) in [6, 6.07) is 4.22. The predicted molar refractivity (Wildman–Crippen MR) is 78.5 cm³/mol. The minimum atomic E-state index is -0.460. The van der Waals surface area contributed by atoms with Crippen LogP contribution in [0.15, 0.2) is 18.2 Å². The summed E-state index contributed by atoms with van der Waals surface area (Å²) in [5.74, 6) is -0.280. The van der Waals surface area contributed by atoms with E-state index in [2.05, 4.69) is 10.6 Å². The summed E-state index contributed by atoms with van der Waals surface area (Å²) in [5.41, 5.74) is 0.668. The number of amides is 1. The number of benzene rings is 1. The van der Waals surface area contributed by atoms with E-state index in [-0.39, 0.29) is 23.7 Å². The van der Waals surface area contributed by atoms with Crippen molar-refractivity contribution in [3.05, 3.63) is 33.9 Å². The van der Waals surface area contributed by atoms with Crippen molar-refractivity contribution in [3.63, 3.8) is 0 Å². The second-order valence-electron chi connectivity index (χ2n) is 5.05. The zero-order valence-corrected chi connectivity index (χ0v) is 12.1. The van der Waals surface area contributed by atoms with E-state index in [1.54, 1.807) is 0 Å². The third-order valence-electron chi connectivity index (χ3n) is 3.59. The minimum absolute atomic E-state index is 0.0354. The van der Waals surface area contributed by atoms with Crippen LogP contribution < -0.4 is 10.6 Å². The van der Waals surface area contributed by atoms with E-state index in [1.807, 2.05) is 6.92 Å². The molecule has 0 aliphatic carbocycles. The average molecular weight is 293 g/mol. The number of nitro benzene ring substituents is 1. The summed E-state index contributed by atoms with van der Waals surface area (Å²) in [7, 11) is 1.52. The first-order valence-corrected chi connectivity index (χ1v) is 6.91. The molecule has 7 nitrogen and oxygen atoms in total. The van der Waals surface area contributed by atoms with Crippen LogP contribution in [0.4, 0.5) is 11.4 Å². The van der Waals surface area contributed by atoms with Gasteiger partial charge >= 0.3 is 0 Å². The van der Waals surface area contributed by atoms with Gasteiger partial charge in [-0.05, 0) is 31.9 Å². The van der Waals surface area contributed by atoms with Crippen molar-refractivity contribution in [1.29, 1.82) is 0 Å². The molecule has 1 amide bonds. The first-order valence-electron chi connectivity index (χ1n) is 6.91. The van der Waals surface area contributed by atoms with Gasteiger partial charge in [0.1, 0.15) is 5.69 Å². The summed E-state index contributed by atoms with van der Waals surface area (Å²) in [6.07, 6.45) is 1.96. The maximum absolute atomic E-state index is 11.7. The summed E-state index contributed by atoms with van der Waals surface area (Å²) >= 11 is 0. The monoisotopic (exact) mass is 293 g/mol. The molecular weight excluding hydrogens is 274 g/mol.